The van der Waals surface area contributed by atoms with E-state index in [1.807, 2.05) is 12.3 Å². The lowest BCUT2D eigenvalue weighted by atomic mass is 9.74. The van der Waals surface area contributed by atoms with Crippen molar-refractivity contribution >= 4 is 0 Å². The summed E-state index contributed by atoms with van der Waals surface area (Å²) < 4.78 is 2.35. The highest BCUT2D eigenvalue weighted by molar-refractivity contribution is 5.46. The largest absolute Gasteiger partial charge is 0.324 e. The van der Waals surface area contributed by atoms with Crippen molar-refractivity contribution in [3.63, 3.8) is 0 Å². The van der Waals surface area contributed by atoms with E-state index in [9.17, 15) is 0 Å². The Morgan fingerprint density at radius 1 is 1.35 bits per heavy atom. The highest BCUT2D eigenvalue weighted by Crippen LogP contribution is 2.41. The SMILES string of the molecule is Cc1ncccc1-n1c(C)cc2c1CC(C)(C)CC2N. The van der Waals surface area contributed by atoms with Crippen molar-refractivity contribution in [3.8, 4) is 5.69 Å². The molecular formula is C17H23N3. The van der Waals surface area contributed by atoms with Crippen LogP contribution in [-0.4, -0.2) is 9.55 Å². The quantitative estimate of drug-likeness (QED) is 0.861. The lowest BCUT2D eigenvalue weighted by Gasteiger charge is -2.34. The summed E-state index contributed by atoms with van der Waals surface area (Å²) in [6, 6.07) is 6.54. The van der Waals surface area contributed by atoms with Gasteiger partial charge in [0.15, 0.2) is 0 Å². The number of hydrogen-bond acceptors (Lipinski definition) is 2. The molecule has 2 N–H and O–H groups in total. The maximum Gasteiger partial charge on any atom is 0.0668 e. The average molecular weight is 269 g/mol. The Balaban J connectivity index is 2.22. The van der Waals surface area contributed by atoms with E-state index in [0.717, 1.165) is 18.5 Å². The van der Waals surface area contributed by atoms with Crippen LogP contribution in [0.1, 0.15) is 49.0 Å². The molecule has 0 saturated heterocycles. The minimum Gasteiger partial charge on any atom is -0.324 e. The Morgan fingerprint density at radius 2 is 2.10 bits per heavy atom. The smallest absolute Gasteiger partial charge is 0.0668 e. The molecule has 1 aliphatic carbocycles. The third-order valence-electron chi connectivity index (χ3n) is 4.36. The zero-order valence-corrected chi connectivity index (χ0v) is 12.8. The molecule has 3 nitrogen and oxygen atoms in total. The Morgan fingerprint density at radius 3 is 2.80 bits per heavy atom. The van der Waals surface area contributed by atoms with Gasteiger partial charge < -0.3 is 10.3 Å². The van der Waals surface area contributed by atoms with E-state index in [1.165, 1.54) is 22.6 Å². The molecule has 1 unspecified atom stereocenters. The van der Waals surface area contributed by atoms with Crippen LogP contribution < -0.4 is 5.73 Å². The van der Waals surface area contributed by atoms with Crippen molar-refractivity contribution in [2.75, 3.05) is 0 Å². The summed E-state index contributed by atoms with van der Waals surface area (Å²) >= 11 is 0. The van der Waals surface area contributed by atoms with Gasteiger partial charge in [0.1, 0.15) is 0 Å². The van der Waals surface area contributed by atoms with E-state index in [1.54, 1.807) is 0 Å². The van der Waals surface area contributed by atoms with Gasteiger partial charge in [-0.15, -0.1) is 0 Å². The number of fused-ring (bicyclic) bond motifs is 1. The second-order valence-corrected chi connectivity index (χ2v) is 6.78. The Kier molecular flexibility index (Phi) is 2.98. The predicted molar refractivity (Wildman–Crippen MR) is 82.1 cm³/mol. The van der Waals surface area contributed by atoms with Crippen LogP contribution in [0.25, 0.3) is 5.69 Å². The fourth-order valence-electron chi connectivity index (χ4n) is 3.50. The van der Waals surface area contributed by atoms with Gasteiger partial charge in [-0.3, -0.25) is 4.98 Å². The first-order valence-electron chi connectivity index (χ1n) is 7.28. The molecule has 0 radical (unpaired) electrons. The topological polar surface area (TPSA) is 43.8 Å². The van der Waals surface area contributed by atoms with Gasteiger partial charge in [-0.05, 0) is 55.9 Å². The van der Waals surface area contributed by atoms with Crippen molar-refractivity contribution in [1.82, 2.24) is 9.55 Å². The molecule has 2 aromatic heterocycles. The molecule has 3 heteroatoms. The fraction of sp³-hybridized carbons (Fsp3) is 0.471. The first-order valence-corrected chi connectivity index (χ1v) is 7.28. The van der Waals surface area contributed by atoms with Gasteiger partial charge >= 0.3 is 0 Å². The summed E-state index contributed by atoms with van der Waals surface area (Å²) in [6.07, 6.45) is 3.97. The summed E-state index contributed by atoms with van der Waals surface area (Å²) in [6.45, 7) is 8.83. The second kappa shape index (κ2) is 4.45. The van der Waals surface area contributed by atoms with Crippen molar-refractivity contribution in [2.45, 2.75) is 46.6 Å². The summed E-state index contributed by atoms with van der Waals surface area (Å²) in [4.78, 5) is 4.43. The van der Waals surface area contributed by atoms with Crippen LogP contribution in [0.5, 0.6) is 0 Å². The summed E-state index contributed by atoms with van der Waals surface area (Å²) in [5, 5.41) is 0. The Labute approximate surface area is 120 Å². The molecule has 1 aliphatic rings. The standard InChI is InChI=1S/C17H23N3/c1-11-8-13-14(18)9-17(3,4)10-16(13)20(11)15-6-5-7-19-12(15)2/h5-8,14H,9-10,18H2,1-4H3. The lowest BCUT2D eigenvalue weighted by molar-refractivity contribution is 0.278. The van der Waals surface area contributed by atoms with Gasteiger partial charge in [0, 0.05) is 23.6 Å². The van der Waals surface area contributed by atoms with Crippen molar-refractivity contribution in [3.05, 3.63) is 47.0 Å². The molecule has 0 saturated carbocycles. The highest BCUT2D eigenvalue weighted by Gasteiger charge is 2.33. The summed E-state index contributed by atoms with van der Waals surface area (Å²) in [5.74, 6) is 0. The van der Waals surface area contributed by atoms with E-state index in [4.69, 9.17) is 5.73 Å². The molecule has 3 rings (SSSR count). The van der Waals surface area contributed by atoms with E-state index in [0.29, 0.717) is 0 Å². The molecule has 0 bridgehead atoms. The predicted octanol–water partition coefficient (Wildman–Crippen LogP) is 3.46. The molecule has 1 atom stereocenters. The van der Waals surface area contributed by atoms with E-state index < -0.39 is 0 Å². The molecule has 0 aliphatic heterocycles. The maximum atomic E-state index is 6.39. The lowest BCUT2D eigenvalue weighted by Crippen LogP contribution is -2.30. The number of hydrogen-bond donors (Lipinski definition) is 1. The van der Waals surface area contributed by atoms with Crippen LogP contribution in [0.15, 0.2) is 24.4 Å². The van der Waals surface area contributed by atoms with Crippen LogP contribution in [0.3, 0.4) is 0 Å². The maximum absolute atomic E-state index is 6.39. The highest BCUT2D eigenvalue weighted by atomic mass is 15.0. The van der Waals surface area contributed by atoms with Crippen LogP contribution in [-0.2, 0) is 6.42 Å². The minimum absolute atomic E-state index is 0.144. The van der Waals surface area contributed by atoms with E-state index >= 15 is 0 Å². The molecule has 20 heavy (non-hydrogen) atoms. The molecular weight excluding hydrogens is 246 g/mol. The van der Waals surface area contributed by atoms with Gasteiger partial charge in [-0.1, -0.05) is 13.8 Å². The first kappa shape index (κ1) is 13.4. The van der Waals surface area contributed by atoms with Crippen LogP contribution in [0.2, 0.25) is 0 Å². The monoisotopic (exact) mass is 269 g/mol. The van der Waals surface area contributed by atoms with E-state index in [2.05, 4.69) is 49.4 Å². The van der Waals surface area contributed by atoms with Crippen LogP contribution in [0, 0.1) is 19.3 Å². The zero-order chi connectivity index (χ0) is 14.5. The molecule has 2 heterocycles. The molecule has 0 amide bonds. The number of pyridine rings is 1. The molecule has 2 aromatic rings. The Bertz CT molecular complexity index is 652. The van der Waals surface area contributed by atoms with Crippen molar-refractivity contribution < 1.29 is 0 Å². The van der Waals surface area contributed by atoms with Gasteiger partial charge in [0.05, 0.1) is 11.4 Å². The molecule has 0 aromatic carbocycles. The zero-order valence-electron chi connectivity index (χ0n) is 12.8. The molecule has 0 fully saturated rings. The van der Waals surface area contributed by atoms with Gasteiger partial charge in [0.25, 0.3) is 0 Å². The molecule has 0 spiro atoms. The van der Waals surface area contributed by atoms with Crippen molar-refractivity contribution in [2.24, 2.45) is 11.1 Å². The van der Waals surface area contributed by atoms with Crippen LogP contribution >= 0.6 is 0 Å². The van der Waals surface area contributed by atoms with Crippen LogP contribution in [0.4, 0.5) is 0 Å². The Hall–Kier alpha value is -1.61. The normalized spacial score (nSPS) is 20.8. The third-order valence-corrected chi connectivity index (χ3v) is 4.36. The number of aromatic nitrogens is 2. The van der Waals surface area contributed by atoms with E-state index in [-0.39, 0.29) is 11.5 Å². The fourth-order valence-corrected chi connectivity index (χ4v) is 3.50. The van der Waals surface area contributed by atoms with Crippen molar-refractivity contribution in [1.29, 1.82) is 0 Å². The second-order valence-electron chi connectivity index (χ2n) is 6.78. The number of rotatable bonds is 1. The first-order chi connectivity index (χ1) is 9.39. The number of nitrogens with zero attached hydrogens (tertiary/aromatic N) is 2. The van der Waals surface area contributed by atoms with Gasteiger partial charge in [-0.25, -0.2) is 0 Å². The number of nitrogens with two attached hydrogens (primary N) is 1. The average Bonchev–Trinajstić information content (AvgIpc) is 2.66. The van der Waals surface area contributed by atoms with Gasteiger partial charge in [-0.2, -0.15) is 0 Å². The minimum atomic E-state index is 0.144. The molecule has 106 valence electrons. The summed E-state index contributed by atoms with van der Waals surface area (Å²) in [7, 11) is 0. The van der Waals surface area contributed by atoms with Gasteiger partial charge in [0.2, 0.25) is 0 Å². The number of aryl methyl sites for hydroxylation is 2. The third kappa shape index (κ3) is 2.06. The summed E-state index contributed by atoms with van der Waals surface area (Å²) in [5.41, 5.74) is 12.8.